The molecule has 1 atom stereocenters. The quantitative estimate of drug-likeness (QED) is 0.862. The van der Waals surface area contributed by atoms with Crippen LogP contribution in [0.15, 0.2) is 15.1 Å². The molecule has 2 fully saturated rings. The minimum absolute atomic E-state index is 0.112. The molecule has 2 aromatic heterocycles. The van der Waals surface area contributed by atoms with Crippen LogP contribution >= 0.6 is 0 Å². The van der Waals surface area contributed by atoms with Crippen LogP contribution in [0, 0.1) is 0 Å². The van der Waals surface area contributed by atoms with E-state index in [1.54, 1.807) is 11.0 Å². The third kappa shape index (κ3) is 2.64. The van der Waals surface area contributed by atoms with Crippen molar-refractivity contribution < 1.29 is 13.8 Å². The van der Waals surface area contributed by atoms with Crippen molar-refractivity contribution >= 4 is 5.91 Å². The number of carbonyl (C=O) groups excluding carboxylic acids is 1. The lowest BCUT2D eigenvalue weighted by Gasteiger charge is -2.20. The van der Waals surface area contributed by atoms with Gasteiger partial charge in [0.25, 0.3) is 5.91 Å². The van der Waals surface area contributed by atoms with E-state index in [4.69, 9.17) is 9.05 Å². The van der Waals surface area contributed by atoms with Crippen molar-refractivity contribution in [1.82, 2.24) is 20.2 Å². The Morgan fingerprint density at radius 1 is 1.26 bits per heavy atom. The van der Waals surface area contributed by atoms with Gasteiger partial charge in [-0.3, -0.25) is 4.79 Å². The molecular formula is C16H20N4O3. The number of amides is 1. The van der Waals surface area contributed by atoms with E-state index in [0.717, 1.165) is 31.4 Å². The molecule has 23 heavy (non-hydrogen) atoms. The van der Waals surface area contributed by atoms with Crippen LogP contribution in [-0.2, 0) is 0 Å². The normalized spacial score (nSPS) is 21.3. The molecule has 7 nitrogen and oxygen atoms in total. The van der Waals surface area contributed by atoms with E-state index in [0.29, 0.717) is 29.9 Å². The van der Waals surface area contributed by atoms with Crippen molar-refractivity contribution in [3.63, 3.8) is 0 Å². The van der Waals surface area contributed by atoms with Gasteiger partial charge in [-0.1, -0.05) is 24.2 Å². The molecule has 1 aliphatic carbocycles. The highest BCUT2D eigenvalue weighted by Gasteiger charge is 2.36. The molecule has 1 amide bonds. The standard InChI is InChI=1S/C16H20N4O3/c1-9(2)15-17-14(19-23-15)12-4-3-7-20(12)16(21)11-8-13(22-18-11)10-5-6-10/h8-10,12H,3-7H2,1-2H3. The smallest absolute Gasteiger partial charge is 0.276 e. The van der Waals surface area contributed by atoms with E-state index in [-0.39, 0.29) is 17.9 Å². The molecule has 0 bridgehead atoms. The molecule has 3 heterocycles. The summed E-state index contributed by atoms with van der Waals surface area (Å²) < 4.78 is 10.6. The maximum Gasteiger partial charge on any atom is 0.276 e. The van der Waals surface area contributed by atoms with Crippen molar-refractivity contribution in [2.75, 3.05) is 6.54 Å². The fraction of sp³-hybridized carbons (Fsp3) is 0.625. The van der Waals surface area contributed by atoms with Crippen molar-refractivity contribution in [2.45, 2.75) is 57.4 Å². The number of hydrogen-bond acceptors (Lipinski definition) is 6. The summed E-state index contributed by atoms with van der Waals surface area (Å²) in [5.74, 6) is 2.54. The predicted octanol–water partition coefficient (Wildman–Crippen LogP) is 3.04. The SMILES string of the molecule is CC(C)c1nc(C2CCCN2C(=O)c2cc(C3CC3)on2)no1. The molecular weight excluding hydrogens is 296 g/mol. The molecule has 0 spiro atoms. The number of hydrogen-bond donors (Lipinski definition) is 0. The number of carbonyl (C=O) groups is 1. The number of rotatable bonds is 4. The summed E-state index contributed by atoms with van der Waals surface area (Å²) in [6, 6.07) is 1.64. The Morgan fingerprint density at radius 2 is 2.09 bits per heavy atom. The molecule has 7 heteroatoms. The lowest BCUT2D eigenvalue weighted by atomic mass is 10.2. The van der Waals surface area contributed by atoms with Crippen LogP contribution in [0.1, 0.15) is 85.4 Å². The summed E-state index contributed by atoms with van der Waals surface area (Å²) in [5, 5.41) is 8.02. The monoisotopic (exact) mass is 316 g/mol. The van der Waals surface area contributed by atoms with Crippen molar-refractivity contribution in [3.8, 4) is 0 Å². The van der Waals surface area contributed by atoms with Gasteiger partial charge in [0.2, 0.25) is 5.89 Å². The Balaban J connectivity index is 1.54. The zero-order valence-corrected chi connectivity index (χ0v) is 13.4. The van der Waals surface area contributed by atoms with Gasteiger partial charge in [0, 0.05) is 24.4 Å². The summed E-state index contributed by atoms with van der Waals surface area (Å²) in [5.41, 5.74) is 0.381. The average Bonchev–Trinajstić information content (AvgIpc) is 3.02. The van der Waals surface area contributed by atoms with Gasteiger partial charge in [0.05, 0.1) is 6.04 Å². The Hall–Kier alpha value is -2.18. The maximum absolute atomic E-state index is 12.7. The van der Waals surface area contributed by atoms with Crippen molar-refractivity contribution in [2.24, 2.45) is 0 Å². The molecule has 2 aliphatic rings. The van der Waals surface area contributed by atoms with Gasteiger partial charge in [-0.2, -0.15) is 4.98 Å². The summed E-state index contributed by atoms with van der Waals surface area (Å²) in [7, 11) is 0. The second-order valence-corrected chi connectivity index (χ2v) is 6.69. The molecule has 0 radical (unpaired) electrons. The fourth-order valence-electron chi connectivity index (χ4n) is 2.99. The predicted molar refractivity (Wildman–Crippen MR) is 79.9 cm³/mol. The zero-order chi connectivity index (χ0) is 16.0. The summed E-state index contributed by atoms with van der Waals surface area (Å²) in [6.45, 7) is 4.69. The second-order valence-electron chi connectivity index (χ2n) is 6.69. The van der Waals surface area contributed by atoms with Gasteiger partial charge in [-0.15, -0.1) is 0 Å². The first kappa shape index (κ1) is 14.4. The number of nitrogens with zero attached hydrogens (tertiary/aromatic N) is 4. The highest BCUT2D eigenvalue weighted by atomic mass is 16.5. The molecule has 0 N–H and O–H groups in total. The first-order valence-corrected chi connectivity index (χ1v) is 8.24. The Bertz CT molecular complexity index is 716. The minimum atomic E-state index is -0.139. The average molecular weight is 316 g/mol. The molecule has 1 saturated heterocycles. The van der Waals surface area contributed by atoms with Gasteiger partial charge >= 0.3 is 0 Å². The largest absolute Gasteiger partial charge is 0.360 e. The summed E-state index contributed by atoms with van der Waals surface area (Å²) in [6.07, 6.45) is 4.01. The first-order valence-electron chi connectivity index (χ1n) is 8.24. The minimum Gasteiger partial charge on any atom is -0.360 e. The molecule has 0 aromatic carbocycles. The third-order valence-electron chi connectivity index (χ3n) is 4.49. The third-order valence-corrected chi connectivity index (χ3v) is 4.49. The molecule has 4 rings (SSSR count). The maximum atomic E-state index is 12.7. The van der Waals surface area contributed by atoms with E-state index in [1.165, 1.54) is 0 Å². The molecule has 1 saturated carbocycles. The van der Waals surface area contributed by atoms with Crippen molar-refractivity contribution in [3.05, 3.63) is 29.2 Å². The van der Waals surface area contributed by atoms with Crippen LogP contribution in [-0.4, -0.2) is 32.6 Å². The highest BCUT2D eigenvalue weighted by molar-refractivity contribution is 5.92. The van der Waals surface area contributed by atoms with E-state index >= 15 is 0 Å². The van der Waals surface area contributed by atoms with Crippen LogP contribution in [0.5, 0.6) is 0 Å². The van der Waals surface area contributed by atoms with Gasteiger partial charge in [0.1, 0.15) is 5.76 Å². The van der Waals surface area contributed by atoms with E-state index in [9.17, 15) is 4.79 Å². The molecule has 2 aromatic rings. The lowest BCUT2D eigenvalue weighted by molar-refractivity contribution is 0.0717. The van der Waals surface area contributed by atoms with E-state index in [2.05, 4.69) is 15.3 Å². The van der Waals surface area contributed by atoms with Gasteiger partial charge in [-0.25, -0.2) is 0 Å². The van der Waals surface area contributed by atoms with Gasteiger partial charge in [-0.05, 0) is 25.7 Å². The van der Waals surface area contributed by atoms with Crippen LogP contribution in [0.3, 0.4) is 0 Å². The van der Waals surface area contributed by atoms with Crippen LogP contribution in [0.4, 0.5) is 0 Å². The van der Waals surface area contributed by atoms with Gasteiger partial charge < -0.3 is 13.9 Å². The Labute approximate surface area is 134 Å². The highest BCUT2D eigenvalue weighted by Crippen LogP contribution is 2.40. The first-order chi connectivity index (χ1) is 11.1. The summed E-state index contributed by atoms with van der Waals surface area (Å²) in [4.78, 5) is 19.0. The molecule has 1 aliphatic heterocycles. The lowest BCUT2D eigenvalue weighted by Crippen LogP contribution is -2.31. The van der Waals surface area contributed by atoms with E-state index < -0.39 is 0 Å². The number of aromatic nitrogens is 3. The molecule has 122 valence electrons. The molecule has 1 unspecified atom stereocenters. The summed E-state index contributed by atoms with van der Waals surface area (Å²) >= 11 is 0. The topological polar surface area (TPSA) is 85.3 Å². The number of likely N-dealkylation sites (tertiary alicyclic amines) is 1. The zero-order valence-electron chi connectivity index (χ0n) is 13.4. The van der Waals surface area contributed by atoms with Crippen LogP contribution in [0.25, 0.3) is 0 Å². The Kier molecular flexibility index (Phi) is 3.43. The fourth-order valence-corrected chi connectivity index (χ4v) is 2.99. The second kappa shape index (κ2) is 5.47. The van der Waals surface area contributed by atoms with Crippen molar-refractivity contribution in [1.29, 1.82) is 0 Å². The Morgan fingerprint density at radius 3 is 2.78 bits per heavy atom. The van der Waals surface area contributed by atoms with Crippen LogP contribution < -0.4 is 0 Å². The van der Waals surface area contributed by atoms with Crippen LogP contribution in [0.2, 0.25) is 0 Å². The van der Waals surface area contributed by atoms with Gasteiger partial charge in [0.15, 0.2) is 11.5 Å². The van der Waals surface area contributed by atoms with E-state index in [1.807, 2.05) is 13.8 Å².